The smallest absolute Gasteiger partial charge is 0.338 e. The first kappa shape index (κ1) is 23.2. The second-order valence-electron chi connectivity index (χ2n) is 8.01. The van der Waals surface area contributed by atoms with Crippen molar-refractivity contribution in [1.82, 2.24) is 0 Å². The molecule has 3 aromatic rings. The van der Waals surface area contributed by atoms with Crippen LogP contribution >= 0.6 is 0 Å². The Bertz CT molecular complexity index is 1130. The highest BCUT2D eigenvalue weighted by Crippen LogP contribution is 2.40. The van der Waals surface area contributed by atoms with Gasteiger partial charge in [-0.25, -0.2) is 4.79 Å². The highest BCUT2D eigenvalue weighted by atomic mass is 16.5. The minimum Gasteiger partial charge on any atom is -0.507 e. The van der Waals surface area contributed by atoms with E-state index in [0.717, 1.165) is 24.8 Å². The van der Waals surface area contributed by atoms with Gasteiger partial charge in [0.15, 0.2) is 0 Å². The number of aromatic hydroxyl groups is 2. The van der Waals surface area contributed by atoms with E-state index in [1.54, 1.807) is 31.2 Å². The van der Waals surface area contributed by atoms with Crippen molar-refractivity contribution in [1.29, 1.82) is 0 Å². The summed E-state index contributed by atoms with van der Waals surface area (Å²) in [5, 5.41) is 22.3. The summed E-state index contributed by atoms with van der Waals surface area (Å²) < 4.78 is 10.6. The first-order valence-corrected chi connectivity index (χ1v) is 10.8. The number of ether oxygens (including phenoxy) is 2. The first-order valence-electron chi connectivity index (χ1n) is 10.8. The monoisotopic (exact) mass is 434 g/mol. The van der Waals surface area contributed by atoms with Gasteiger partial charge in [-0.3, -0.25) is 0 Å². The van der Waals surface area contributed by atoms with Crippen molar-refractivity contribution in [2.24, 2.45) is 5.92 Å². The molecule has 0 heterocycles. The molecule has 0 spiro atoms. The maximum atomic E-state index is 12.1. The summed E-state index contributed by atoms with van der Waals surface area (Å²) in [6, 6.07) is 12.2. The van der Waals surface area contributed by atoms with Gasteiger partial charge in [-0.1, -0.05) is 19.1 Å². The molecule has 0 fully saturated rings. The van der Waals surface area contributed by atoms with Crippen LogP contribution in [-0.2, 0) is 11.2 Å². The number of carbonyl (C=O) groups excluding carboxylic acids is 1. The van der Waals surface area contributed by atoms with Gasteiger partial charge < -0.3 is 19.7 Å². The molecule has 0 aromatic heterocycles. The zero-order valence-corrected chi connectivity index (χ0v) is 18.9. The Morgan fingerprint density at radius 3 is 2.56 bits per heavy atom. The van der Waals surface area contributed by atoms with Gasteiger partial charge in [0.25, 0.3) is 0 Å². The number of hydrogen-bond acceptors (Lipinski definition) is 5. The van der Waals surface area contributed by atoms with E-state index < -0.39 is 5.97 Å². The van der Waals surface area contributed by atoms with Crippen molar-refractivity contribution in [3.63, 3.8) is 0 Å². The van der Waals surface area contributed by atoms with Crippen LogP contribution in [0, 0.1) is 5.92 Å². The third kappa shape index (κ3) is 5.05. The average molecular weight is 435 g/mol. The Morgan fingerprint density at radius 2 is 1.88 bits per heavy atom. The van der Waals surface area contributed by atoms with Crippen molar-refractivity contribution in [3.05, 3.63) is 66.2 Å². The van der Waals surface area contributed by atoms with Gasteiger partial charge in [0.05, 0.1) is 19.3 Å². The number of esters is 1. The number of carbonyl (C=O) groups is 1. The SMILES string of the molecule is C=CCC(C)CCc1ccc(O)c(-c2cc(OC)c3cc(C(=O)OCC)cc(O)c3c2)c1. The third-order valence-corrected chi connectivity index (χ3v) is 5.61. The summed E-state index contributed by atoms with van der Waals surface area (Å²) in [7, 11) is 1.53. The van der Waals surface area contributed by atoms with Gasteiger partial charge in [0.2, 0.25) is 0 Å². The molecule has 3 rings (SSSR count). The van der Waals surface area contributed by atoms with Crippen LogP contribution in [0.3, 0.4) is 0 Å². The lowest BCUT2D eigenvalue weighted by atomic mass is 9.94. The maximum absolute atomic E-state index is 12.1. The molecule has 2 N–H and O–H groups in total. The molecule has 0 saturated carbocycles. The van der Waals surface area contributed by atoms with Crippen LogP contribution in [0.4, 0.5) is 0 Å². The number of hydrogen-bond donors (Lipinski definition) is 2. The number of allylic oxidation sites excluding steroid dienone is 1. The fourth-order valence-corrected chi connectivity index (χ4v) is 3.85. The fraction of sp³-hybridized carbons (Fsp3) is 0.296. The maximum Gasteiger partial charge on any atom is 0.338 e. The molecule has 0 aliphatic rings. The molecule has 1 unspecified atom stereocenters. The highest BCUT2D eigenvalue weighted by molar-refractivity contribution is 6.02. The third-order valence-electron chi connectivity index (χ3n) is 5.61. The van der Waals surface area contributed by atoms with Gasteiger partial charge >= 0.3 is 5.97 Å². The van der Waals surface area contributed by atoms with Crippen LogP contribution in [0.5, 0.6) is 17.2 Å². The van der Waals surface area contributed by atoms with Crippen molar-refractivity contribution in [2.45, 2.75) is 33.1 Å². The van der Waals surface area contributed by atoms with Crippen LogP contribution in [-0.4, -0.2) is 29.9 Å². The molecule has 3 aromatic carbocycles. The van der Waals surface area contributed by atoms with Crippen LogP contribution in [0.25, 0.3) is 21.9 Å². The fourth-order valence-electron chi connectivity index (χ4n) is 3.85. The van der Waals surface area contributed by atoms with Crippen LogP contribution in [0.15, 0.2) is 55.1 Å². The first-order chi connectivity index (χ1) is 15.4. The molecule has 168 valence electrons. The van der Waals surface area contributed by atoms with Crippen molar-refractivity contribution in [3.8, 4) is 28.4 Å². The van der Waals surface area contributed by atoms with E-state index in [4.69, 9.17) is 9.47 Å². The largest absolute Gasteiger partial charge is 0.507 e. The predicted octanol–water partition coefficient (Wildman–Crippen LogP) is 6.25. The minimum absolute atomic E-state index is 0.0559. The number of phenolic OH excluding ortho intramolecular Hbond substituents is 2. The molecular weight excluding hydrogens is 404 g/mol. The van der Waals surface area contributed by atoms with E-state index in [2.05, 4.69) is 13.5 Å². The predicted molar refractivity (Wildman–Crippen MR) is 128 cm³/mol. The Labute approximate surface area is 188 Å². The molecule has 32 heavy (non-hydrogen) atoms. The van der Waals surface area contributed by atoms with E-state index in [9.17, 15) is 15.0 Å². The second kappa shape index (κ2) is 10.2. The standard InChI is InChI=1S/C27H30O5/c1-5-7-17(3)8-9-18-10-11-24(28)21(12-18)19-13-22-23(26(16-19)31-4)14-20(15-25(22)29)27(30)32-6-2/h5,10-17,28-29H,1,6-9H2,2-4H3. The topological polar surface area (TPSA) is 76.0 Å². The lowest BCUT2D eigenvalue weighted by Gasteiger charge is -2.14. The van der Waals surface area contributed by atoms with Gasteiger partial charge in [0.1, 0.15) is 17.2 Å². The summed E-state index contributed by atoms with van der Waals surface area (Å²) >= 11 is 0. The van der Waals surface area contributed by atoms with Crippen LogP contribution in [0.1, 0.15) is 42.6 Å². The minimum atomic E-state index is -0.508. The molecule has 1 atom stereocenters. The Morgan fingerprint density at radius 1 is 1.09 bits per heavy atom. The number of phenols is 2. The summed E-state index contributed by atoms with van der Waals surface area (Å²) in [6.45, 7) is 7.98. The van der Waals surface area contributed by atoms with E-state index in [1.807, 2.05) is 18.2 Å². The van der Waals surface area contributed by atoms with Crippen LogP contribution < -0.4 is 4.74 Å². The van der Waals surface area contributed by atoms with Crippen molar-refractivity contribution >= 4 is 16.7 Å². The quantitative estimate of drug-likeness (QED) is 0.308. The number of rotatable bonds is 9. The number of benzene rings is 3. The number of fused-ring (bicyclic) bond motifs is 1. The van der Waals surface area contributed by atoms with E-state index >= 15 is 0 Å². The van der Waals surface area contributed by atoms with Gasteiger partial charge in [0, 0.05) is 16.3 Å². The highest BCUT2D eigenvalue weighted by Gasteiger charge is 2.17. The molecular formula is C27H30O5. The van der Waals surface area contributed by atoms with E-state index in [-0.39, 0.29) is 23.7 Å². The van der Waals surface area contributed by atoms with E-state index in [0.29, 0.717) is 33.6 Å². The normalized spacial score (nSPS) is 11.8. The molecule has 0 aliphatic heterocycles. The van der Waals surface area contributed by atoms with Crippen LogP contribution in [0.2, 0.25) is 0 Å². The number of aryl methyl sites for hydroxylation is 1. The Kier molecular flexibility index (Phi) is 7.41. The summed E-state index contributed by atoms with van der Waals surface area (Å²) in [6.07, 6.45) is 4.82. The molecule has 0 saturated heterocycles. The zero-order valence-electron chi connectivity index (χ0n) is 18.9. The van der Waals surface area contributed by atoms with Crippen molar-refractivity contribution < 1.29 is 24.5 Å². The van der Waals surface area contributed by atoms with Gasteiger partial charge in [-0.15, -0.1) is 6.58 Å². The average Bonchev–Trinajstić information content (AvgIpc) is 2.78. The Balaban J connectivity index is 2.05. The van der Waals surface area contributed by atoms with Gasteiger partial charge in [-0.2, -0.15) is 0 Å². The Hall–Kier alpha value is -3.47. The molecule has 0 amide bonds. The summed E-state index contributed by atoms with van der Waals surface area (Å²) in [5.74, 6) is 0.614. The summed E-state index contributed by atoms with van der Waals surface area (Å²) in [4.78, 5) is 12.1. The summed E-state index contributed by atoms with van der Waals surface area (Å²) in [5.41, 5.74) is 2.75. The lowest BCUT2D eigenvalue weighted by molar-refractivity contribution is 0.0526. The lowest BCUT2D eigenvalue weighted by Crippen LogP contribution is -2.04. The molecule has 5 nitrogen and oxygen atoms in total. The zero-order chi connectivity index (χ0) is 23.3. The molecule has 0 aliphatic carbocycles. The van der Waals surface area contributed by atoms with Gasteiger partial charge in [-0.05, 0) is 79.6 Å². The number of methoxy groups -OCH3 is 1. The molecule has 5 heteroatoms. The second-order valence-corrected chi connectivity index (χ2v) is 8.01. The van der Waals surface area contributed by atoms with E-state index in [1.165, 1.54) is 13.2 Å². The molecule has 0 radical (unpaired) electrons. The molecule has 0 bridgehead atoms. The van der Waals surface area contributed by atoms with Crippen molar-refractivity contribution in [2.75, 3.05) is 13.7 Å².